The third-order valence-electron chi connectivity index (χ3n) is 8.01. The minimum atomic E-state index is -0.887. The van der Waals surface area contributed by atoms with Gasteiger partial charge in [0.1, 0.15) is 5.75 Å². The predicted octanol–water partition coefficient (Wildman–Crippen LogP) is 9.20. The molecule has 3 rings (SSSR count). The van der Waals surface area contributed by atoms with Gasteiger partial charge in [0.15, 0.2) is 0 Å². The summed E-state index contributed by atoms with van der Waals surface area (Å²) in [5.41, 5.74) is 2.34. The van der Waals surface area contributed by atoms with Crippen molar-refractivity contribution in [3.63, 3.8) is 0 Å². The number of carbonyl (C=O) groups excluding carboxylic acids is 2. The maximum absolute atomic E-state index is 12.7. The van der Waals surface area contributed by atoms with Crippen LogP contribution in [0.3, 0.4) is 0 Å². The van der Waals surface area contributed by atoms with E-state index in [2.05, 4.69) is 48.5 Å². The zero-order valence-electron chi connectivity index (χ0n) is 26.1. The summed E-state index contributed by atoms with van der Waals surface area (Å²) in [6.45, 7) is 5.05. The summed E-state index contributed by atoms with van der Waals surface area (Å²) in [6.07, 6.45) is 24.4. The van der Waals surface area contributed by atoms with E-state index in [1.54, 1.807) is 18.9 Å². The van der Waals surface area contributed by atoms with Gasteiger partial charge >= 0.3 is 12.1 Å². The Balaban J connectivity index is 1.22. The first-order chi connectivity index (χ1) is 20.5. The number of carbonyl (C=O) groups is 2. The van der Waals surface area contributed by atoms with Crippen molar-refractivity contribution in [1.82, 2.24) is 9.88 Å². The lowest BCUT2D eigenvalue weighted by Crippen LogP contribution is -2.40. The molecule has 1 fully saturated rings. The Labute approximate surface area is 252 Å². The van der Waals surface area contributed by atoms with Gasteiger partial charge in [-0.25, -0.2) is 4.79 Å². The van der Waals surface area contributed by atoms with Crippen molar-refractivity contribution in [2.45, 2.75) is 116 Å². The second-order valence-electron chi connectivity index (χ2n) is 11.3. The molecule has 2 aromatic rings. The average molecular weight is 581 g/mol. The van der Waals surface area contributed by atoms with Gasteiger partial charge in [-0.1, -0.05) is 63.3 Å². The molecule has 1 aliphatic rings. The van der Waals surface area contributed by atoms with Crippen LogP contribution in [-0.2, 0) is 14.3 Å². The highest BCUT2D eigenvalue weighted by Gasteiger charge is 2.27. The number of nitrogens with zero attached hydrogens (tertiary/aromatic N) is 1. The summed E-state index contributed by atoms with van der Waals surface area (Å²) in [4.78, 5) is 29.9. The molecule has 0 saturated carbocycles. The number of likely N-dealkylation sites (tertiary alicyclic amines) is 1. The third kappa shape index (κ3) is 11.6. The van der Waals surface area contributed by atoms with Gasteiger partial charge in [0.25, 0.3) is 0 Å². The Morgan fingerprint density at radius 3 is 2.36 bits per heavy atom. The number of ether oxygens (including phenoxy) is 3. The van der Waals surface area contributed by atoms with E-state index in [0.717, 1.165) is 56.2 Å². The van der Waals surface area contributed by atoms with Crippen LogP contribution in [0.2, 0.25) is 0 Å². The third-order valence-corrected chi connectivity index (χ3v) is 8.01. The van der Waals surface area contributed by atoms with Crippen molar-refractivity contribution in [2.75, 3.05) is 20.2 Å². The fourth-order valence-corrected chi connectivity index (χ4v) is 5.52. The molecule has 1 aromatic heterocycles. The molecule has 2 heterocycles. The van der Waals surface area contributed by atoms with Crippen LogP contribution in [0.15, 0.2) is 48.7 Å². The largest absolute Gasteiger partial charge is 0.497 e. The summed E-state index contributed by atoms with van der Waals surface area (Å²) in [6, 6.07) is 6.04. The van der Waals surface area contributed by atoms with Crippen molar-refractivity contribution in [3.8, 4) is 5.75 Å². The highest BCUT2D eigenvalue weighted by Crippen LogP contribution is 2.34. The van der Waals surface area contributed by atoms with E-state index in [0.29, 0.717) is 25.4 Å². The number of benzene rings is 1. The second kappa shape index (κ2) is 19.1. The Bertz CT molecular complexity index is 1130. The number of unbranched alkanes of at least 4 members (excludes halogenated alkanes) is 8. The monoisotopic (exact) mass is 580 g/mol. The lowest BCUT2D eigenvalue weighted by Gasteiger charge is -2.32. The zero-order valence-corrected chi connectivity index (χ0v) is 26.1. The van der Waals surface area contributed by atoms with Crippen LogP contribution < -0.4 is 4.74 Å². The van der Waals surface area contributed by atoms with E-state index in [-0.39, 0.29) is 5.97 Å². The van der Waals surface area contributed by atoms with Crippen LogP contribution in [0.1, 0.15) is 115 Å². The number of allylic oxidation sites excluding steroid dienone is 4. The molecular formula is C35H52N2O5. The number of hydrogen-bond acceptors (Lipinski definition) is 5. The number of fused-ring (bicyclic) bond motifs is 1. The topological polar surface area (TPSA) is 80.9 Å². The first-order valence-electron chi connectivity index (χ1n) is 16.1. The number of rotatable bonds is 18. The van der Waals surface area contributed by atoms with E-state index in [9.17, 15) is 9.59 Å². The molecule has 0 spiro atoms. The van der Waals surface area contributed by atoms with Crippen LogP contribution in [-0.4, -0.2) is 48.4 Å². The van der Waals surface area contributed by atoms with Crippen LogP contribution in [0, 0.1) is 0 Å². The number of amides is 1. The Hall–Kier alpha value is -3.22. The number of H-pyrrole nitrogens is 1. The molecule has 1 atom stereocenters. The van der Waals surface area contributed by atoms with Gasteiger partial charge in [0.05, 0.1) is 7.11 Å². The van der Waals surface area contributed by atoms with E-state index in [1.165, 1.54) is 49.5 Å². The lowest BCUT2D eigenvalue weighted by atomic mass is 9.89. The van der Waals surface area contributed by atoms with E-state index in [1.807, 2.05) is 12.1 Å². The first-order valence-corrected chi connectivity index (χ1v) is 16.1. The molecule has 0 radical (unpaired) electrons. The van der Waals surface area contributed by atoms with Crippen LogP contribution >= 0.6 is 0 Å². The van der Waals surface area contributed by atoms with Gasteiger partial charge in [-0.15, -0.1) is 0 Å². The normalized spacial score (nSPS) is 15.1. The molecule has 1 saturated heterocycles. The maximum atomic E-state index is 12.7. The summed E-state index contributed by atoms with van der Waals surface area (Å²) in [7, 11) is 1.67. The van der Waals surface area contributed by atoms with Crippen LogP contribution in [0.5, 0.6) is 5.75 Å². The number of esters is 1. The van der Waals surface area contributed by atoms with Crippen molar-refractivity contribution < 1.29 is 23.8 Å². The molecule has 0 bridgehead atoms. The zero-order chi connectivity index (χ0) is 30.0. The van der Waals surface area contributed by atoms with E-state index in [4.69, 9.17) is 14.2 Å². The average Bonchev–Trinajstić information content (AvgIpc) is 3.42. The number of aromatic nitrogens is 1. The SMILES string of the molecule is CCCCC/C=C\C/C=C\CCCCCCCC(=O)OC(C)OC(=O)N1CCC(c2c[nH]c3ccc(OC)cc23)CC1. The molecular weight excluding hydrogens is 528 g/mol. The predicted molar refractivity (Wildman–Crippen MR) is 170 cm³/mol. The van der Waals surface area contributed by atoms with Gasteiger partial charge in [-0.05, 0) is 81.0 Å². The molecule has 1 aromatic carbocycles. The van der Waals surface area contributed by atoms with Gasteiger partial charge in [0.2, 0.25) is 6.29 Å². The van der Waals surface area contributed by atoms with Gasteiger partial charge in [0, 0.05) is 43.5 Å². The quantitative estimate of drug-likeness (QED) is 0.0823. The second-order valence-corrected chi connectivity index (χ2v) is 11.3. The maximum Gasteiger partial charge on any atom is 0.412 e. The van der Waals surface area contributed by atoms with Gasteiger partial charge < -0.3 is 24.1 Å². The summed E-state index contributed by atoms with van der Waals surface area (Å²) in [5, 5.41) is 1.17. The summed E-state index contributed by atoms with van der Waals surface area (Å²) >= 11 is 0. The molecule has 232 valence electrons. The lowest BCUT2D eigenvalue weighted by molar-refractivity contribution is -0.166. The first kappa shape index (κ1) is 33.3. The van der Waals surface area contributed by atoms with E-state index < -0.39 is 12.4 Å². The van der Waals surface area contributed by atoms with Crippen molar-refractivity contribution in [2.24, 2.45) is 0 Å². The minimum Gasteiger partial charge on any atom is -0.497 e. The molecule has 42 heavy (non-hydrogen) atoms. The molecule has 7 nitrogen and oxygen atoms in total. The molecule has 1 unspecified atom stereocenters. The minimum absolute atomic E-state index is 0.311. The standard InChI is InChI=1S/C35H52N2O5/c1-4-5-6-7-8-9-10-11-12-13-14-15-16-17-18-19-34(38)41-28(2)42-35(39)37-24-22-29(23-25-37)32-27-36-33-21-20-30(40-3)26-31(32)33/h8-9,11-12,20-21,26-29,36H,4-7,10,13-19,22-25H2,1-3H3/b9-8-,12-11-. The van der Waals surface area contributed by atoms with Gasteiger partial charge in [-0.3, -0.25) is 4.79 Å². The van der Waals surface area contributed by atoms with Gasteiger partial charge in [-0.2, -0.15) is 0 Å². The van der Waals surface area contributed by atoms with Crippen molar-refractivity contribution >= 4 is 23.0 Å². The van der Waals surface area contributed by atoms with Crippen LogP contribution in [0.4, 0.5) is 4.79 Å². The van der Waals surface area contributed by atoms with E-state index >= 15 is 0 Å². The Morgan fingerprint density at radius 2 is 1.64 bits per heavy atom. The number of hydrogen-bond donors (Lipinski definition) is 1. The Kier molecular flexibility index (Phi) is 15.1. The Morgan fingerprint density at radius 1 is 0.952 bits per heavy atom. The number of piperidine rings is 1. The molecule has 0 aliphatic carbocycles. The van der Waals surface area contributed by atoms with Crippen molar-refractivity contribution in [3.05, 3.63) is 54.3 Å². The number of nitrogens with one attached hydrogen (secondary N) is 1. The number of aromatic amines is 1. The summed E-state index contributed by atoms with van der Waals surface area (Å²) < 4.78 is 16.2. The van der Waals surface area contributed by atoms with Crippen LogP contribution in [0.25, 0.3) is 10.9 Å². The fraction of sp³-hybridized carbons (Fsp3) is 0.600. The summed E-state index contributed by atoms with van der Waals surface area (Å²) in [5.74, 6) is 0.881. The molecule has 1 aliphatic heterocycles. The smallest absolute Gasteiger partial charge is 0.412 e. The van der Waals surface area contributed by atoms with Crippen molar-refractivity contribution in [1.29, 1.82) is 0 Å². The number of methoxy groups -OCH3 is 1. The highest BCUT2D eigenvalue weighted by molar-refractivity contribution is 5.85. The molecule has 1 amide bonds. The molecule has 7 heteroatoms. The fourth-order valence-electron chi connectivity index (χ4n) is 5.52. The highest BCUT2D eigenvalue weighted by atomic mass is 16.7. The molecule has 1 N–H and O–H groups in total.